The predicted molar refractivity (Wildman–Crippen MR) is 140 cm³/mol. The molecule has 2 aliphatic heterocycles. The third-order valence-electron chi connectivity index (χ3n) is 6.15. The molecule has 3 heterocycles. The summed E-state index contributed by atoms with van der Waals surface area (Å²) in [6.07, 6.45) is 3.55. The average molecular weight is 531 g/mol. The maximum absolute atomic E-state index is 14.3. The van der Waals surface area contributed by atoms with Gasteiger partial charge in [-0.1, -0.05) is 18.3 Å². The second-order valence-electron chi connectivity index (χ2n) is 9.37. The van der Waals surface area contributed by atoms with Crippen molar-refractivity contribution in [1.29, 1.82) is 0 Å². The van der Waals surface area contributed by atoms with E-state index in [9.17, 15) is 9.18 Å². The molecule has 1 saturated heterocycles. The van der Waals surface area contributed by atoms with Gasteiger partial charge < -0.3 is 34.9 Å². The Kier molecular flexibility index (Phi) is 8.25. The zero-order chi connectivity index (χ0) is 26.6. The van der Waals surface area contributed by atoms with Crippen LogP contribution in [0.4, 0.5) is 10.1 Å². The summed E-state index contributed by atoms with van der Waals surface area (Å²) in [6, 6.07) is 6.25. The predicted octanol–water partition coefficient (Wildman–Crippen LogP) is 2.87. The minimum Gasteiger partial charge on any atom is -0.492 e. The van der Waals surface area contributed by atoms with E-state index in [1.165, 1.54) is 24.1 Å². The Balaban J connectivity index is 1.47. The van der Waals surface area contributed by atoms with E-state index in [4.69, 9.17) is 36.9 Å². The Bertz CT molecular complexity index is 1200. The van der Waals surface area contributed by atoms with Gasteiger partial charge in [-0.25, -0.2) is 4.39 Å². The number of pyridine rings is 1. The third-order valence-corrected chi connectivity index (χ3v) is 6.35. The number of nitrogens with two attached hydrogens (primary N) is 1. The van der Waals surface area contributed by atoms with E-state index in [0.717, 1.165) is 5.56 Å². The maximum Gasteiger partial charge on any atom is 0.263 e. The molecule has 9 nitrogen and oxygen atoms in total. The lowest BCUT2D eigenvalue weighted by molar-refractivity contribution is -0.181. The normalized spacial score (nSPS) is 19.5. The van der Waals surface area contributed by atoms with Gasteiger partial charge in [-0.15, -0.1) is 0 Å². The molecule has 1 aromatic heterocycles. The molecule has 37 heavy (non-hydrogen) atoms. The number of anilines is 1. The minimum absolute atomic E-state index is 0.0102. The number of nitrogens with zero attached hydrogens (tertiary/aromatic N) is 2. The first-order valence-electron chi connectivity index (χ1n) is 11.9. The van der Waals surface area contributed by atoms with Crippen LogP contribution in [0.15, 0.2) is 47.9 Å². The highest BCUT2D eigenvalue weighted by molar-refractivity contribution is 7.80. The van der Waals surface area contributed by atoms with Gasteiger partial charge in [0.15, 0.2) is 11.6 Å². The SMILES string of the molecule is COc1c(F)cccc1N1CCC(NCc2ccncc2OCC2COC(C)(C)CO2)=C(C(N)=S)C1=O. The van der Waals surface area contributed by atoms with Crippen molar-refractivity contribution in [1.82, 2.24) is 10.3 Å². The Morgan fingerprint density at radius 1 is 1.38 bits per heavy atom. The zero-order valence-corrected chi connectivity index (χ0v) is 21.9. The molecule has 0 bridgehead atoms. The van der Waals surface area contributed by atoms with Gasteiger partial charge in [-0.2, -0.15) is 0 Å². The van der Waals surface area contributed by atoms with Gasteiger partial charge >= 0.3 is 0 Å². The van der Waals surface area contributed by atoms with Crippen LogP contribution in [0.1, 0.15) is 25.8 Å². The average Bonchev–Trinajstić information content (AvgIpc) is 2.87. The van der Waals surface area contributed by atoms with Crippen LogP contribution >= 0.6 is 12.2 Å². The highest BCUT2D eigenvalue weighted by atomic mass is 32.1. The van der Waals surface area contributed by atoms with Crippen molar-refractivity contribution in [3.05, 3.63) is 59.3 Å². The molecular formula is C26H31FN4O5S. The largest absolute Gasteiger partial charge is 0.492 e. The number of thiocarbonyl (C=S) groups is 1. The van der Waals surface area contributed by atoms with E-state index in [-0.39, 0.29) is 28.0 Å². The van der Waals surface area contributed by atoms with Crippen LogP contribution in [-0.4, -0.2) is 61.1 Å². The number of carbonyl (C=O) groups is 1. The molecule has 0 aliphatic carbocycles. The van der Waals surface area contributed by atoms with Gasteiger partial charge in [0.1, 0.15) is 23.4 Å². The number of methoxy groups -OCH3 is 1. The fourth-order valence-corrected chi connectivity index (χ4v) is 4.39. The number of halogens is 1. The third kappa shape index (κ3) is 6.17. The van der Waals surface area contributed by atoms with E-state index >= 15 is 0 Å². The minimum atomic E-state index is -0.559. The molecule has 0 radical (unpaired) electrons. The highest BCUT2D eigenvalue weighted by Crippen LogP contribution is 2.34. The van der Waals surface area contributed by atoms with Crippen LogP contribution in [-0.2, 0) is 20.8 Å². The number of carbonyl (C=O) groups excluding carboxylic acids is 1. The standard InChI is InChI=1S/C26H31FN4O5S/c1-26(2)15-35-17(14-36-26)13-34-21-12-29-9-7-16(21)11-30-19-8-10-31(25(32)22(19)24(28)37)20-6-4-5-18(27)23(20)33-3/h4-7,9,12,17,30H,8,10-11,13-15H2,1-3H3,(H2,28,37). The van der Waals surface area contributed by atoms with Crippen LogP contribution in [0.2, 0.25) is 0 Å². The molecule has 1 atom stereocenters. The number of para-hydroxylation sites is 1. The summed E-state index contributed by atoms with van der Waals surface area (Å²) in [4.78, 5) is 18.9. The van der Waals surface area contributed by atoms with Crippen LogP contribution in [0.3, 0.4) is 0 Å². The Morgan fingerprint density at radius 3 is 2.89 bits per heavy atom. The summed E-state index contributed by atoms with van der Waals surface area (Å²) in [5.74, 6) is -0.399. The van der Waals surface area contributed by atoms with Gasteiger partial charge in [0.25, 0.3) is 5.91 Å². The number of amides is 1. The quantitative estimate of drug-likeness (QED) is 0.473. The number of hydrogen-bond donors (Lipinski definition) is 2. The summed E-state index contributed by atoms with van der Waals surface area (Å²) in [6.45, 7) is 5.86. The summed E-state index contributed by atoms with van der Waals surface area (Å²) in [7, 11) is 1.36. The maximum atomic E-state index is 14.3. The van der Waals surface area contributed by atoms with Gasteiger partial charge in [-0.05, 0) is 32.0 Å². The molecule has 4 rings (SSSR count). The molecule has 0 saturated carbocycles. The van der Waals surface area contributed by atoms with E-state index in [2.05, 4.69) is 10.3 Å². The van der Waals surface area contributed by atoms with Gasteiger partial charge in [0.2, 0.25) is 0 Å². The molecule has 2 aliphatic rings. The number of nitrogens with one attached hydrogen (secondary N) is 1. The summed E-state index contributed by atoms with van der Waals surface area (Å²) >= 11 is 5.21. The van der Waals surface area contributed by atoms with E-state index in [1.54, 1.807) is 18.5 Å². The van der Waals surface area contributed by atoms with Crippen LogP contribution in [0.5, 0.6) is 11.5 Å². The van der Waals surface area contributed by atoms with Crippen molar-refractivity contribution >= 4 is 28.8 Å². The van der Waals surface area contributed by atoms with Crippen molar-refractivity contribution < 1.29 is 28.1 Å². The lowest BCUT2D eigenvalue weighted by atomic mass is 10.0. The second-order valence-corrected chi connectivity index (χ2v) is 9.81. The summed E-state index contributed by atoms with van der Waals surface area (Å²) in [5, 5.41) is 3.30. The van der Waals surface area contributed by atoms with Crippen LogP contribution in [0.25, 0.3) is 0 Å². The lowest BCUT2D eigenvalue weighted by Gasteiger charge is -2.34. The summed E-state index contributed by atoms with van der Waals surface area (Å²) in [5.41, 5.74) is 7.60. The Hall–Kier alpha value is -3.28. The smallest absolute Gasteiger partial charge is 0.263 e. The number of benzene rings is 1. The first-order chi connectivity index (χ1) is 17.7. The van der Waals surface area contributed by atoms with E-state index in [1.807, 2.05) is 19.9 Å². The number of ether oxygens (including phenoxy) is 4. The fourth-order valence-electron chi connectivity index (χ4n) is 4.18. The molecule has 1 fully saturated rings. The van der Waals surface area contributed by atoms with E-state index in [0.29, 0.717) is 56.5 Å². The molecule has 3 N–H and O–H groups in total. The van der Waals surface area contributed by atoms with Crippen molar-refractivity contribution in [3.63, 3.8) is 0 Å². The topological polar surface area (TPSA) is 108 Å². The van der Waals surface area contributed by atoms with Crippen molar-refractivity contribution in [2.24, 2.45) is 5.73 Å². The number of rotatable bonds is 9. The van der Waals surface area contributed by atoms with Crippen LogP contribution in [0, 0.1) is 5.82 Å². The molecule has 1 aromatic carbocycles. The van der Waals surface area contributed by atoms with Gasteiger partial charge in [-0.3, -0.25) is 9.78 Å². The van der Waals surface area contributed by atoms with Gasteiger partial charge in [0, 0.05) is 37.0 Å². The van der Waals surface area contributed by atoms with Gasteiger partial charge in [0.05, 0.1) is 43.4 Å². The highest BCUT2D eigenvalue weighted by Gasteiger charge is 2.32. The van der Waals surface area contributed by atoms with E-state index < -0.39 is 11.7 Å². The first-order valence-corrected chi connectivity index (χ1v) is 12.3. The molecule has 1 amide bonds. The zero-order valence-electron chi connectivity index (χ0n) is 21.1. The van der Waals surface area contributed by atoms with Crippen molar-refractivity contribution in [2.75, 3.05) is 38.4 Å². The molecular weight excluding hydrogens is 499 g/mol. The Labute approximate surface area is 220 Å². The van der Waals surface area contributed by atoms with Crippen LogP contribution < -0.4 is 25.4 Å². The van der Waals surface area contributed by atoms with Crippen molar-refractivity contribution in [2.45, 2.75) is 38.5 Å². The second kappa shape index (κ2) is 11.4. The fraction of sp³-hybridized carbons (Fsp3) is 0.423. The molecule has 11 heteroatoms. The monoisotopic (exact) mass is 530 g/mol. The first kappa shape index (κ1) is 26.8. The Morgan fingerprint density at radius 2 is 2.19 bits per heavy atom. The number of hydrogen-bond acceptors (Lipinski definition) is 8. The number of aromatic nitrogens is 1. The molecule has 1 unspecified atom stereocenters. The lowest BCUT2D eigenvalue weighted by Crippen LogP contribution is -2.44. The molecule has 198 valence electrons. The molecule has 2 aromatic rings. The van der Waals surface area contributed by atoms with Crippen molar-refractivity contribution in [3.8, 4) is 11.5 Å². The molecule has 0 spiro atoms. The summed E-state index contributed by atoms with van der Waals surface area (Å²) < 4.78 is 37.1.